The summed E-state index contributed by atoms with van der Waals surface area (Å²) >= 11 is 0. The smallest absolute Gasteiger partial charge is 0.387 e. The summed E-state index contributed by atoms with van der Waals surface area (Å²) in [5.41, 5.74) is 3.63. The lowest BCUT2D eigenvalue weighted by Crippen LogP contribution is -2.41. The van der Waals surface area contributed by atoms with E-state index in [1.165, 1.54) is 15.5 Å². The molecule has 6 rings (SSSR count). The summed E-state index contributed by atoms with van der Waals surface area (Å²) < 4.78 is 39.3. The molecule has 0 fully saturated rings. The first kappa shape index (κ1) is 21.9. The first-order valence-electron chi connectivity index (χ1n) is 11.0. The van der Waals surface area contributed by atoms with Gasteiger partial charge in [0.2, 0.25) is 0 Å². The predicted octanol–water partition coefficient (Wildman–Crippen LogP) is 2.54. The molecule has 0 saturated heterocycles. The average Bonchev–Trinajstić information content (AvgIpc) is 3.65. The summed E-state index contributed by atoms with van der Waals surface area (Å²) in [6.07, 6.45) is 5.26. The number of carbonyl (C=O) groups excluding carboxylic acids is 1. The van der Waals surface area contributed by atoms with Crippen molar-refractivity contribution in [3.05, 3.63) is 65.6 Å². The zero-order valence-electron chi connectivity index (χ0n) is 19.1. The van der Waals surface area contributed by atoms with Gasteiger partial charge in [0, 0.05) is 37.6 Å². The highest BCUT2D eigenvalue weighted by molar-refractivity contribution is 5.90. The molecule has 1 unspecified atom stereocenters. The number of aromatic amines is 1. The van der Waals surface area contributed by atoms with Gasteiger partial charge in [-0.3, -0.25) is 9.48 Å². The van der Waals surface area contributed by atoms with E-state index in [9.17, 15) is 13.6 Å². The third kappa shape index (κ3) is 3.49. The first-order chi connectivity index (χ1) is 17.4. The second kappa shape index (κ2) is 8.25. The highest BCUT2D eigenvalue weighted by Gasteiger charge is 2.38. The largest absolute Gasteiger partial charge is 0.433 e. The van der Waals surface area contributed by atoms with Gasteiger partial charge in [-0.1, -0.05) is 0 Å². The molecule has 14 heteroatoms. The van der Waals surface area contributed by atoms with Crippen molar-refractivity contribution < 1.29 is 22.7 Å². The normalized spacial score (nSPS) is 15.6. The number of H-pyrrole nitrogens is 1. The van der Waals surface area contributed by atoms with Crippen LogP contribution < -0.4 is 4.74 Å². The molecule has 5 aromatic rings. The molecular weight excluding hydrogens is 476 g/mol. The van der Waals surface area contributed by atoms with Crippen LogP contribution in [0.15, 0.2) is 41.3 Å². The van der Waals surface area contributed by atoms with E-state index in [0.29, 0.717) is 35.4 Å². The molecule has 6 heterocycles. The number of amides is 1. The lowest BCUT2D eigenvalue weighted by atomic mass is 9.99. The van der Waals surface area contributed by atoms with E-state index in [1.54, 1.807) is 42.6 Å². The number of ether oxygens (including phenoxy) is 1. The molecule has 0 saturated carbocycles. The Balaban J connectivity index is 1.40. The van der Waals surface area contributed by atoms with Crippen LogP contribution in [0.1, 0.15) is 39.5 Å². The lowest BCUT2D eigenvalue weighted by molar-refractivity contribution is -0.0490. The number of halogens is 2. The molecular formula is C22H19F2N9O3. The number of hydrogen-bond donors (Lipinski definition) is 1. The van der Waals surface area contributed by atoms with Crippen molar-refractivity contribution in [3.63, 3.8) is 0 Å². The Labute approximate surface area is 201 Å². The number of fused-ring (bicyclic) bond motifs is 2. The molecule has 1 N–H and O–H groups in total. The molecule has 184 valence electrons. The van der Waals surface area contributed by atoms with E-state index in [4.69, 9.17) is 4.42 Å². The van der Waals surface area contributed by atoms with E-state index < -0.39 is 18.6 Å². The van der Waals surface area contributed by atoms with Crippen LogP contribution >= 0.6 is 0 Å². The first-order valence-corrected chi connectivity index (χ1v) is 11.0. The molecule has 1 atom stereocenters. The van der Waals surface area contributed by atoms with Crippen LogP contribution in [-0.2, 0) is 13.5 Å². The summed E-state index contributed by atoms with van der Waals surface area (Å²) in [6, 6.07) is 3.86. The van der Waals surface area contributed by atoms with Crippen LogP contribution in [0.25, 0.3) is 17.0 Å². The Hall–Kier alpha value is -4.62. The maximum atomic E-state index is 13.6. The molecule has 0 radical (unpaired) electrons. The summed E-state index contributed by atoms with van der Waals surface area (Å²) in [7, 11) is 1.79. The summed E-state index contributed by atoms with van der Waals surface area (Å²) in [6.45, 7) is -0.824. The predicted molar refractivity (Wildman–Crippen MR) is 118 cm³/mol. The monoisotopic (exact) mass is 495 g/mol. The average molecular weight is 495 g/mol. The molecule has 1 aliphatic rings. The Morgan fingerprint density at radius 1 is 1.33 bits per heavy atom. The second-order valence-corrected chi connectivity index (χ2v) is 8.25. The van der Waals surface area contributed by atoms with Gasteiger partial charge in [-0.15, -0.1) is 10.2 Å². The number of nitrogens with zero attached hydrogens (tertiary/aromatic N) is 8. The SMILES string of the molecule is Cc1c(-c2nnc(C(=O)N3CCc4[nH]cnc4C3c3cc4c(OC(F)F)cccn4n3)o2)cnn1C. The van der Waals surface area contributed by atoms with Crippen molar-refractivity contribution in [2.45, 2.75) is 26.0 Å². The number of carbonyl (C=O) groups is 1. The highest BCUT2D eigenvalue weighted by Crippen LogP contribution is 2.36. The van der Waals surface area contributed by atoms with E-state index in [-0.39, 0.29) is 17.5 Å². The zero-order chi connectivity index (χ0) is 25.0. The van der Waals surface area contributed by atoms with Crippen molar-refractivity contribution >= 4 is 11.4 Å². The van der Waals surface area contributed by atoms with Crippen LogP contribution in [0.3, 0.4) is 0 Å². The fourth-order valence-electron chi connectivity index (χ4n) is 4.38. The minimum atomic E-state index is -2.99. The van der Waals surface area contributed by atoms with Crippen molar-refractivity contribution in [2.24, 2.45) is 7.05 Å². The van der Waals surface area contributed by atoms with Gasteiger partial charge in [0.15, 0.2) is 5.75 Å². The molecule has 0 spiro atoms. The summed E-state index contributed by atoms with van der Waals surface area (Å²) in [4.78, 5) is 22.6. The summed E-state index contributed by atoms with van der Waals surface area (Å²) in [5.74, 6) is -0.548. The van der Waals surface area contributed by atoms with Gasteiger partial charge >= 0.3 is 18.4 Å². The number of hydrogen-bond acceptors (Lipinski definition) is 8. The molecule has 5 aromatic heterocycles. The third-order valence-corrected chi connectivity index (χ3v) is 6.24. The molecule has 1 aliphatic heterocycles. The minimum absolute atomic E-state index is 0.0319. The number of aromatic nitrogens is 8. The van der Waals surface area contributed by atoms with Gasteiger partial charge in [-0.05, 0) is 25.1 Å². The number of imidazole rings is 1. The number of aryl methyl sites for hydroxylation is 1. The van der Waals surface area contributed by atoms with E-state index in [2.05, 4.69) is 35.1 Å². The lowest BCUT2D eigenvalue weighted by Gasteiger charge is -2.32. The third-order valence-electron chi connectivity index (χ3n) is 6.24. The Morgan fingerprint density at radius 2 is 2.19 bits per heavy atom. The molecule has 12 nitrogen and oxygen atoms in total. The van der Waals surface area contributed by atoms with E-state index >= 15 is 0 Å². The standard InChI is InChI=1S/C22H19F2N9O3/c1-11-12(9-27-31(11)2)19-28-29-20(36-19)21(34)32-7-5-13-17(26-10-25-13)18(32)14-8-15-16(35-22(23)24)4-3-6-33(15)30-14/h3-4,6,8-10,18,22H,5,7H2,1-2H3,(H,25,26). The van der Waals surface area contributed by atoms with Crippen LogP contribution in [0, 0.1) is 6.92 Å². The molecule has 0 aromatic carbocycles. The summed E-state index contributed by atoms with van der Waals surface area (Å²) in [5, 5.41) is 16.7. The van der Waals surface area contributed by atoms with Crippen molar-refractivity contribution in [1.82, 2.24) is 44.5 Å². The number of nitrogens with one attached hydrogen (secondary N) is 1. The van der Waals surface area contributed by atoms with Crippen molar-refractivity contribution in [3.8, 4) is 17.2 Å². The molecule has 0 bridgehead atoms. The number of pyridine rings is 1. The highest BCUT2D eigenvalue weighted by atomic mass is 19.3. The Kier molecular flexibility index (Phi) is 5.01. The van der Waals surface area contributed by atoms with Crippen LogP contribution in [0.5, 0.6) is 5.75 Å². The van der Waals surface area contributed by atoms with E-state index in [1.807, 2.05) is 6.92 Å². The molecule has 0 aliphatic carbocycles. The fourth-order valence-corrected chi connectivity index (χ4v) is 4.38. The minimum Gasteiger partial charge on any atom is -0.433 e. The maximum absolute atomic E-state index is 13.6. The molecule has 1 amide bonds. The fraction of sp³-hybridized carbons (Fsp3) is 0.273. The van der Waals surface area contributed by atoms with Crippen molar-refractivity contribution in [2.75, 3.05) is 6.54 Å². The Bertz CT molecular complexity index is 1580. The second-order valence-electron chi connectivity index (χ2n) is 8.25. The van der Waals surface area contributed by atoms with Gasteiger partial charge in [-0.2, -0.15) is 19.0 Å². The van der Waals surface area contributed by atoms with Gasteiger partial charge in [0.05, 0.1) is 29.5 Å². The van der Waals surface area contributed by atoms with E-state index in [0.717, 1.165) is 11.4 Å². The topological polar surface area (TPSA) is 132 Å². The van der Waals surface area contributed by atoms with Crippen LogP contribution in [0.2, 0.25) is 0 Å². The maximum Gasteiger partial charge on any atom is 0.387 e. The Morgan fingerprint density at radius 3 is 2.97 bits per heavy atom. The van der Waals surface area contributed by atoms with Gasteiger partial charge in [-0.25, -0.2) is 9.50 Å². The number of rotatable bonds is 5. The quantitative estimate of drug-likeness (QED) is 0.393. The van der Waals surface area contributed by atoms with Crippen LogP contribution in [-0.4, -0.2) is 63.5 Å². The molecule has 36 heavy (non-hydrogen) atoms. The van der Waals surface area contributed by atoms with Gasteiger partial charge < -0.3 is 19.0 Å². The van der Waals surface area contributed by atoms with Crippen LogP contribution in [0.4, 0.5) is 8.78 Å². The van der Waals surface area contributed by atoms with Gasteiger partial charge in [0.25, 0.3) is 5.89 Å². The van der Waals surface area contributed by atoms with Crippen molar-refractivity contribution in [1.29, 1.82) is 0 Å². The number of alkyl halides is 2. The zero-order valence-corrected chi connectivity index (χ0v) is 19.1. The van der Waals surface area contributed by atoms with Gasteiger partial charge in [0.1, 0.15) is 11.6 Å².